The van der Waals surface area contributed by atoms with Crippen molar-refractivity contribution < 1.29 is 4.79 Å². The molecule has 7 heteroatoms. The zero-order valence-corrected chi connectivity index (χ0v) is 10.8. The fraction of sp³-hybridized carbons (Fsp3) is 0. The van der Waals surface area contributed by atoms with Crippen LogP contribution >= 0.6 is 15.9 Å². The van der Waals surface area contributed by atoms with Crippen LogP contribution in [0.3, 0.4) is 0 Å². The summed E-state index contributed by atoms with van der Waals surface area (Å²) >= 11 is 3.33. The first-order valence-corrected chi connectivity index (χ1v) is 5.80. The van der Waals surface area contributed by atoms with Gasteiger partial charge in [-0.25, -0.2) is 0 Å². The summed E-state index contributed by atoms with van der Waals surface area (Å²) in [6.45, 7) is 0. The molecule has 5 N–H and O–H groups in total. The van der Waals surface area contributed by atoms with Crippen molar-refractivity contribution in [1.29, 1.82) is 0 Å². The molecule has 0 aliphatic carbocycles. The van der Waals surface area contributed by atoms with E-state index in [1.165, 1.54) is 0 Å². The molecule has 0 unspecified atom stereocenters. The van der Waals surface area contributed by atoms with Gasteiger partial charge in [0.1, 0.15) is 11.6 Å². The van der Waals surface area contributed by atoms with Gasteiger partial charge < -0.3 is 16.8 Å². The van der Waals surface area contributed by atoms with E-state index in [-0.39, 0.29) is 23.1 Å². The normalized spacial score (nSPS) is 10.1. The summed E-state index contributed by atoms with van der Waals surface area (Å²) in [5, 5.41) is 2.97. The molecule has 0 saturated carbocycles. The minimum absolute atomic E-state index is 0.0118. The van der Waals surface area contributed by atoms with E-state index in [0.717, 1.165) is 10.2 Å². The Morgan fingerprint density at radius 2 is 1.83 bits per heavy atom. The smallest absolute Gasteiger partial charge is 0.223 e. The second kappa shape index (κ2) is 5.01. The van der Waals surface area contributed by atoms with Gasteiger partial charge in [0, 0.05) is 10.2 Å². The van der Waals surface area contributed by atoms with E-state index in [4.69, 9.17) is 11.5 Å². The molecule has 0 aliphatic rings. The molecule has 0 fully saturated rings. The lowest BCUT2D eigenvalue weighted by Gasteiger charge is -2.09. The molecular weight excluding hydrogens is 298 g/mol. The maximum Gasteiger partial charge on any atom is 0.223 e. The minimum Gasteiger partial charge on any atom is -0.383 e. The third kappa shape index (κ3) is 2.57. The molecule has 1 heterocycles. The van der Waals surface area contributed by atoms with Gasteiger partial charge in [-0.15, -0.1) is 0 Å². The number of aldehydes is 1. The highest BCUT2D eigenvalue weighted by atomic mass is 79.9. The lowest BCUT2D eigenvalue weighted by atomic mass is 10.2. The van der Waals surface area contributed by atoms with E-state index < -0.39 is 0 Å². The Hall–Kier alpha value is -2.15. The highest BCUT2D eigenvalue weighted by molar-refractivity contribution is 9.10. The van der Waals surface area contributed by atoms with Crippen LogP contribution < -0.4 is 16.8 Å². The molecule has 0 atom stereocenters. The number of halogens is 1. The van der Waals surface area contributed by atoms with Crippen molar-refractivity contribution in [3.05, 3.63) is 34.3 Å². The standard InChI is InChI=1S/C11H10BrN5O/c12-6-1-3-7(4-2-6)15-10-8(5-18)9(13)16-11(14)17-10/h1-5H,(H5,13,14,15,16,17). The topological polar surface area (TPSA) is 107 Å². The van der Waals surface area contributed by atoms with Gasteiger partial charge in [0.2, 0.25) is 5.95 Å². The Morgan fingerprint density at radius 1 is 1.17 bits per heavy atom. The molecule has 0 saturated heterocycles. The second-order valence-corrected chi connectivity index (χ2v) is 4.39. The van der Waals surface area contributed by atoms with Crippen molar-refractivity contribution in [1.82, 2.24) is 9.97 Å². The summed E-state index contributed by atoms with van der Waals surface area (Å²) in [6, 6.07) is 7.37. The predicted molar refractivity (Wildman–Crippen MR) is 73.7 cm³/mol. The SMILES string of the molecule is Nc1nc(N)c(C=O)c(Nc2ccc(Br)cc2)n1. The average Bonchev–Trinajstić information content (AvgIpc) is 2.32. The third-order valence-corrected chi connectivity index (χ3v) is 2.75. The molecule has 92 valence electrons. The monoisotopic (exact) mass is 307 g/mol. The van der Waals surface area contributed by atoms with Gasteiger partial charge in [0.05, 0.1) is 5.56 Å². The predicted octanol–water partition coefficient (Wildman–Crippen LogP) is 1.96. The lowest BCUT2D eigenvalue weighted by Crippen LogP contribution is -2.08. The largest absolute Gasteiger partial charge is 0.383 e. The van der Waals surface area contributed by atoms with Crippen LogP contribution in [0.25, 0.3) is 0 Å². The Morgan fingerprint density at radius 3 is 2.44 bits per heavy atom. The molecule has 0 amide bonds. The van der Waals surface area contributed by atoms with Gasteiger partial charge in [0.25, 0.3) is 0 Å². The van der Waals surface area contributed by atoms with Crippen molar-refractivity contribution in [3.8, 4) is 0 Å². The quantitative estimate of drug-likeness (QED) is 0.748. The van der Waals surface area contributed by atoms with Crippen molar-refractivity contribution in [2.24, 2.45) is 0 Å². The van der Waals surface area contributed by atoms with Crippen molar-refractivity contribution >= 4 is 45.5 Å². The fourth-order valence-corrected chi connectivity index (χ4v) is 1.65. The van der Waals surface area contributed by atoms with Crippen LogP contribution in [0, 0.1) is 0 Å². The number of hydrogen-bond donors (Lipinski definition) is 3. The van der Waals surface area contributed by atoms with Gasteiger partial charge in [-0.3, -0.25) is 4.79 Å². The van der Waals surface area contributed by atoms with Gasteiger partial charge in [-0.2, -0.15) is 9.97 Å². The number of anilines is 4. The summed E-state index contributed by atoms with van der Waals surface area (Å²) in [7, 11) is 0. The molecule has 1 aromatic carbocycles. The number of nitrogens with two attached hydrogens (primary N) is 2. The third-order valence-electron chi connectivity index (χ3n) is 2.22. The fourth-order valence-electron chi connectivity index (χ4n) is 1.39. The van der Waals surface area contributed by atoms with E-state index in [1.807, 2.05) is 24.3 Å². The number of hydrogen-bond acceptors (Lipinski definition) is 6. The van der Waals surface area contributed by atoms with Gasteiger partial charge in [-0.1, -0.05) is 15.9 Å². The van der Waals surface area contributed by atoms with Crippen molar-refractivity contribution in [2.45, 2.75) is 0 Å². The maximum atomic E-state index is 11.0. The zero-order valence-electron chi connectivity index (χ0n) is 9.22. The molecule has 1 aromatic heterocycles. The van der Waals surface area contributed by atoms with Crippen LogP contribution in [0.15, 0.2) is 28.7 Å². The summed E-state index contributed by atoms with van der Waals surface area (Å²) in [5.41, 5.74) is 12.0. The zero-order chi connectivity index (χ0) is 13.1. The van der Waals surface area contributed by atoms with E-state index in [2.05, 4.69) is 31.2 Å². The Balaban J connectivity index is 2.39. The summed E-state index contributed by atoms with van der Waals surface area (Å²) in [5.74, 6) is 0.354. The van der Waals surface area contributed by atoms with Gasteiger partial charge >= 0.3 is 0 Å². The molecule has 2 rings (SSSR count). The summed E-state index contributed by atoms with van der Waals surface area (Å²) < 4.78 is 0.949. The summed E-state index contributed by atoms with van der Waals surface area (Å²) in [4.78, 5) is 18.6. The van der Waals surface area contributed by atoms with Crippen LogP contribution in [0.4, 0.5) is 23.3 Å². The highest BCUT2D eigenvalue weighted by Gasteiger charge is 2.10. The first-order chi connectivity index (χ1) is 8.60. The van der Waals surface area contributed by atoms with Crippen LogP contribution in [0.1, 0.15) is 10.4 Å². The number of rotatable bonds is 3. The van der Waals surface area contributed by atoms with Crippen LogP contribution in [-0.2, 0) is 0 Å². The van der Waals surface area contributed by atoms with E-state index in [1.54, 1.807) is 0 Å². The Bertz CT molecular complexity index is 585. The van der Waals surface area contributed by atoms with Crippen molar-refractivity contribution in [3.63, 3.8) is 0 Å². The van der Waals surface area contributed by atoms with E-state index in [0.29, 0.717) is 6.29 Å². The Kier molecular flexibility index (Phi) is 3.42. The molecule has 2 aromatic rings. The average molecular weight is 308 g/mol. The van der Waals surface area contributed by atoms with Crippen LogP contribution in [-0.4, -0.2) is 16.3 Å². The maximum absolute atomic E-state index is 11.0. The first kappa shape index (κ1) is 12.3. The number of nitrogens with one attached hydrogen (secondary N) is 1. The number of carbonyl (C=O) groups is 1. The minimum atomic E-state index is 0.0118. The molecule has 18 heavy (non-hydrogen) atoms. The number of benzene rings is 1. The molecule has 0 aliphatic heterocycles. The van der Waals surface area contributed by atoms with Crippen molar-refractivity contribution in [2.75, 3.05) is 16.8 Å². The lowest BCUT2D eigenvalue weighted by molar-refractivity contribution is 0.112. The number of aromatic nitrogens is 2. The molecule has 0 spiro atoms. The number of carbonyl (C=O) groups excluding carboxylic acids is 1. The molecule has 0 radical (unpaired) electrons. The van der Waals surface area contributed by atoms with Crippen LogP contribution in [0.5, 0.6) is 0 Å². The van der Waals surface area contributed by atoms with Gasteiger partial charge in [0.15, 0.2) is 6.29 Å². The second-order valence-electron chi connectivity index (χ2n) is 3.48. The van der Waals surface area contributed by atoms with Crippen LogP contribution in [0.2, 0.25) is 0 Å². The highest BCUT2D eigenvalue weighted by Crippen LogP contribution is 2.23. The summed E-state index contributed by atoms with van der Waals surface area (Å²) in [6.07, 6.45) is 0.593. The number of nitrogens with zero attached hydrogens (tertiary/aromatic N) is 2. The molecular formula is C11H10BrN5O. The number of nitrogen functional groups attached to an aromatic ring is 2. The van der Waals surface area contributed by atoms with E-state index >= 15 is 0 Å². The molecule has 0 bridgehead atoms. The molecule has 6 nitrogen and oxygen atoms in total. The Labute approximate surface area is 112 Å². The first-order valence-electron chi connectivity index (χ1n) is 5.01. The van der Waals surface area contributed by atoms with E-state index in [9.17, 15) is 4.79 Å². The van der Waals surface area contributed by atoms with Gasteiger partial charge in [-0.05, 0) is 24.3 Å².